The van der Waals surface area contributed by atoms with E-state index in [2.05, 4.69) is 30.5 Å². The summed E-state index contributed by atoms with van der Waals surface area (Å²) < 4.78 is 34.8. The summed E-state index contributed by atoms with van der Waals surface area (Å²) in [6.07, 6.45) is 0.508. The van der Waals surface area contributed by atoms with E-state index >= 15 is 0 Å². The third-order valence-corrected chi connectivity index (χ3v) is 3.74. The number of alkyl halides is 2. The van der Waals surface area contributed by atoms with E-state index in [0.717, 1.165) is 0 Å². The SMILES string of the molecule is CCNC(=NCc1cc(Cl)cc(Cl)c1OC(F)F)NCCc1nc(C)no1. The molecule has 0 radical (unpaired) electrons. The Kier molecular flexibility index (Phi) is 8.05. The predicted molar refractivity (Wildman–Crippen MR) is 98.7 cm³/mol. The van der Waals surface area contributed by atoms with Crippen molar-refractivity contribution in [1.29, 1.82) is 0 Å². The van der Waals surface area contributed by atoms with Crippen LogP contribution in [0.15, 0.2) is 21.6 Å². The van der Waals surface area contributed by atoms with E-state index < -0.39 is 6.61 Å². The smallest absolute Gasteiger partial charge is 0.387 e. The lowest BCUT2D eigenvalue weighted by Gasteiger charge is -2.13. The fraction of sp³-hybridized carbons (Fsp3) is 0.438. The normalized spacial score (nSPS) is 11.7. The summed E-state index contributed by atoms with van der Waals surface area (Å²) in [5.41, 5.74) is 0.345. The molecule has 0 aliphatic carbocycles. The second kappa shape index (κ2) is 10.3. The van der Waals surface area contributed by atoms with Gasteiger partial charge in [-0.1, -0.05) is 28.4 Å². The molecule has 0 atom stereocenters. The van der Waals surface area contributed by atoms with E-state index in [0.29, 0.717) is 47.8 Å². The van der Waals surface area contributed by atoms with Crippen LogP contribution in [0.4, 0.5) is 8.78 Å². The molecule has 11 heteroatoms. The van der Waals surface area contributed by atoms with Crippen molar-refractivity contribution in [3.05, 3.63) is 39.5 Å². The monoisotopic (exact) mass is 421 g/mol. The fourth-order valence-electron chi connectivity index (χ4n) is 2.19. The average molecular weight is 422 g/mol. The lowest BCUT2D eigenvalue weighted by Crippen LogP contribution is -2.38. The molecule has 0 saturated carbocycles. The van der Waals surface area contributed by atoms with Gasteiger partial charge in [0.15, 0.2) is 11.8 Å². The molecule has 0 aliphatic heterocycles. The third-order valence-electron chi connectivity index (χ3n) is 3.24. The first kappa shape index (κ1) is 21.2. The molecular formula is C16H19Cl2F2N5O2. The molecule has 0 bridgehead atoms. The number of hydrogen-bond acceptors (Lipinski definition) is 5. The van der Waals surface area contributed by atoms with E-state index in [1.807, 2.05) is 6.92 Å². The van der Waals surface area contributed by atoms with Crippen molar-refractivity contribution in [3.63, 3.8) is 0 Å². The lowest BCUT2D eigenvalue weighted by molar-refractivity contribution is -0.0503. The average Bonchev–Trinajstić information content (AvgIpc) is 3.00. The summed E-state index contributed by atoms with van der Waals surface area (Å²) >= 11 is 11.9. The van der Waals surface area contributed by atoms with Gasteiger partial charge in [0.25, 0.3) is 0 Å². The van der Waals surface area contributed by atoms with Gasteiger partial charge in [0.1, 0.15) is 5.75 Å². The van der Waals surface area contributed by atoms with Crippen molar-refractivity contribution in [2.45, 2.75) is 33.4 Å². The van der Waals surface area contributed by atoms with Crippen molar-refractivity contribution in [2.24, 2.45) is 4.99 Å². The number of benzene rings is 1. The van der Waals surface area contributed by atoms with Gasteiger partial charge in [-0.15, -0.1) is 0 Å². The Hall–Kier alpha value is -2.13. The lowest BCUT2D eigenvalue weighted by atomic mass is 10.2. The number of nitrogens with zero attached hydrogens (tertiary/aromatic N) is 3. The quantitative estimate of drug-likeness (QED) is 0.500. The highest BCUT2D eigenvalue weighted by molar-refractivity contribution is 6.35. The molecule has 0 aliphatic rings. The zero-order chi connectivity index (χ0) is 19.8. The van der Waals surface area contributed by atoms with Crippen LogP contribution in [-0.4, -0.2) is 35.8 Å². The summed E-state index contributed by atoms with van der Waals surface area (Å²) in [4.78, 5) is 8.47. The summed E-state index contributed by atoms with van der Waals surface area (Å²) in [6.45, 7) is 1.78. The van der Waals surface area contributed by atoms with Crippen LogP contribution < -0.4 is 15.4 Å². The van der Waals surface area contributed by atoms with Crippen LogP contribution in [0.25, 0.3) is 0 Å². The van der Waals surface area contributed by atoms with Crippen LogP contribution >= 0.6 is 23.2 Å². The van der Waals surface area contributed by atoms with Crippen molar-refractivity contribution < 1.29 is 18.0 Å². The number of halogens is 4. The van der Waals surface area contributed by atoms with E-state index in [4.69, 9.17) is 27.7 Å². The van der Waals surface area contributed by atoms with Gasteiger partial charge in [-0.05, 0) is 26.0 Å². The first-order valence-electron chi connectivity index (χ1n) is 8.13. The second-order valence-electron chi connectivity index (χ2n) is 5.36. The summed E-state index contributed by atoms with van der Waals surface area (Å²) in [6, 6.07) is 2.82. The Bertz CT molecular complexity index is 786. The Morgan fingerprint density at radius 2 is 2.11 bits per heavy atom. The highest BCUT2D eigenvalue weighted by atomic mass is 35.5. The van der Waals surface area contributed by atoms with Crippen LogP contribution in [0, 0.1) is 6.92 Å². The third kappa shape index (κ3) is 6.84. The Morgan fingerprint density at radius 3 is 2.74 bits per heavy atom. The van der Waals surface area contributed by atoms with Gasteiger partial charge in [-0.3, -0.25) is 0 Å². The summed E-state index contributed by atoms with van der Waals surface area (Å²) in [5, 5.41) is 10.2. The van der Waals surface area contributed by atoms with Crippen LogP contribution in [0.2, 0.25) is 10.0 Å². The fourth-order valence-corrected chi connectivity index (χ4v) is 2.77. The molecule has 2 aromatic rings. The van der Waals surface area contributed by atoms with Crippen molar-refractivity contribution >= 4 is 29.2 Å². The van der Waals surface area contributed by atoms with E-state index in [1.165, 1.54) is 12.1 Å². The van der Waals surface area contributed by atoms with E-state index in [-0.39, 0.29) is 17.3 Å². The molecule has 0 saturated heterocycles. The molecule has 0 fully saturated rings. The van der Waals surface area contributed by atoms with E-state index in [9.17, 15) is 8.78 Å². The number of aryl methyl sites for hydroxylation is 1. The van der Waals surface area contributed by atoms with Crippen LogP contribution in [0.3, 0.4) is 0 Å². The van der Waals surface area contributed by atoms with Gasteiger partial charge in [0.2, 0.25) is 5.89 Å². The van der Waals surface area contributed by atoms with Crippen LogP contribution in [0.5, 0.6) is 5.75 Å². The number of nitrogens with one attached hydrogen (secondary N) is 2. The van der Waals surface area contributed by atoms with Gasteiger partial charge >= 0.3 is 6.61 Å². The van der Waals surface area contributed by atoms with E-state index in [1.54, 1.807) is 6.92 Å². The Labute approximate surface area is 165 Å². The minimum Gasteiger partial charge on any atom is -0.433 e. The van der Waals surface area contributed by atoms with Gasteiger partial charge in [-0.25, -0.2) is 4.99 Å². The Balaban J connectivity index is 2.06. The first-order chi connectivity index (χ1) is 12.9. The maximum atomic E-state index is 12.6. The molecule has 7 nitrogen and oxygen atoms in total. The molecule has 27 heavy (non-hydrogen) atoms. The maximum absolute atomic E-state index is 12.6. The standard InChI is InChI=1S/C16H19Cl2F2N5O2/c1-3-21-16(22-5-4-13-24-9(2)25-27-13)23-8-10-6-11(17)7-12(18)14(10)26-15(19)20/h6-7,15H,3-5,8H2,1-2H3,(H2,21,22,23). The van der Waals surface area contributed by atoms with Crippen LogP contribution in [-0.2, 0) is 13.0 Å². The number of aliphatic imine (C=N–C) groups is 1. The number of hydrogen-bond donors (Lipinski definition) is 2. The number of aromatic nitrogens is 2. The zero-order valence-electron chi connectivity index (χ0n) is 14.7. The molecule has 0 unspecified atom stereocenters. The molecule has 148 valence electrons. The van der Waals surface area contributed by atoms with Gasteiger partial charge in [0, 0.05) is 30.1 Å². The maximum Gasteiger partial charge on any atom is 0.387 e. The molecular weight excluding hydrogens is 403 g/mol. The minimum atomic E-state index is -3.00. The zero-order valence-corrected chi connectivity index (χ0v) is 16.2. The largest absolute Gasteiger partial charge is 0.433 e. The summed E-state index contributed by atoms with van der Waals surface area (Å²) in [5.74, 6) is 1.41. The topological polar surface area (TPSA) is 84.6 Å². The minimum absolute atomic E-state index is 0.00211. The number of ether oxygens (including phenoxy) is 1. The van der Waals surface area contributed by atoms with Crippen molar-refractivity contribution in [2.75, 3.05) is 13.1 Å². The van der Waals surface area contributed by atoms with Crippen LogP contribution in [0.1, 0.15) is 24.2 Å². The number of rotatable bonds is 8. The number of guanidine groups is 1. The molecule has 2 N–H and O–H groups in total. The van der Waals surface area contributed by atoms with Crippen molar-refractivity contribution in [3.8, 4) is 5.75 Å². The molecule has 2 rings (SSSR count). The van der Waals surface area contributed by atoms with Gasteiger partial charge < -0.3 is 19.9 Å². The van der Waals surface area contributed by atoms with Gasteiger partial charge in [0.05, 0.1) is 11.6 Å². The highest BCUT2D eigenvalue weighted by Crippen LogP contribution is 2.34. The molecule has 1 heterocycles. The predicted octanol–water partition coefficient (Wildman–Crippen LogP) is 3.58. The highest BCUT2D eigenvalue weighted by Gasteiger charge is 2.15. The molecule has 1 aromatic carbocycles. The van der Waals surface area contributed by atoms with Gasteiger partial charge in [-0.2, -0.15) is 13.8 Å². The molecule has 0 amide bonds. The second-order valence-corrected chi connectivity index (χ2v) is 6.21. The Morgan fingerprint density at radius 1 is 1.33 bits per heavy atom. The summed E-state index contributed by atoms with van der Waals surface area (Å²) in [7, 11) is 0. The molecule has 0 spiro atoms. The molecule has 1 aromatic heterocycles. The first-order valence-corrected chi connectivity index (χ1v) is 8.88. The van der Waals surface area contributed by atoms with Crippen molar-refractivity contribution in [1.82, 2.24) is 20.8 Å².